The highest BCUT2D eigenvalue weighted by Crippen LogP contribution is 2.30. The minimum atomic E-state index is -3.01. The van der Waals surface area contributed by atoms with Crippen LogP contribution in [0.5, 0.6) is 0 Å². The van der Waals surface area contributed by atoms with E-state index in [0.717, 1.165) is 6.42 Å². The Balaban J connectivity index is 1.99. The molecular formula is C12H22N2O4S. The number of hydrogen-bond acceptors (Lipinski definition) is 5. The molecule has 2 aliphatic rings. The van der Waals surface area contributed by atoms with Crippen LogP contribution in [0.2, 0.25) is 0 Å². The summed E-state index contributed by atoms with van der Waals surface area (Å²) >= 11 is 0. The van der Waals surface area contributed by atoms with E-state index in [0.29, 0.717) is 32.5 Å². The van der Waals surface area contributed by atoms with Crippen molar-refractivity contribution in [2.75, 3.05) is 31.3 Å². The highest BCUT2D eigenvalue weighted by atomic mass is 32.2. The summed E-state index contributed by atoms with van der Waals surface area (Å²) in [5, 5.41) is 2.88. The van der Waals surface area contributed by atoms with Gasteiger partial charge in [0.15, 0.2) is 9.84 Å². The maximum atomic E-state index is 12.4. The van der Waals surface area contributed by atoms with Gasteiger partial charge < -0.3 is 15.8 Å². The van der Waals surface area contributed by atoms with Gasteiger partial charge in [0.05, 0.1) is 16.9 Å². The molecule has 0 saturated carbocycles. The molecule has 1 atom stereocenters. The van der Waals surface area contributed by atoms with Crippen LogP contribution in [0.15, 0.2) is 0 Å². The van der Waals surface area contributed by atoms with Crippen molar-refractivity contribution in [1.29, 1.82) is 0 Å². The molecule has 2 rings (SSSR count). The molecule has 110 valence electrons. The van der Waals surface area contributed by atoms with Gasteiger partial charge in [0.1, 0.15) is 0 Å². The number of nitrogens with one attached hydrogen (secondary N) is 1. The van der Waals surface area contributed by atoms with Gasteiger partial charge in [-0.05, 0) is 25.7 Å². The van der Waals surface area contributed by atoms with Crippen molar-refractivity contribution in [2.45, 2.75) is 31.7 Å². The molecule has 0 aromatic heterocycles. The van der Waals surface area contributed by atoms with Crippen molar-refractivity contribution in [3.8, 4) is 0 Å². The standard InChI is InChI=1S/C12H22N2O4S/c13-9-12(3-5-18-6-4-12)11(15)14-10-2-1-7-19(16,17)8-10/h10H,1-9,13H2,(H,14,15). The molecule has 0 aromatic carbocycles. The first kappa shape index (κ1) is 14.7. The van der Waals surface area contributed by atoms with Gasteiger partial charge in [-0.2, -0.15) is 0 Å². The normalized spacial score (nSPS) is 29.6. The summed E-state index contributed by atoms with van der Waals surface area (Å²) in [4.78, 5) is 12.4. The topological polar surface area (TPSA) is 98.5 Å². The summed E-state index contributed by atoms with van der Waals surface area (Å²) < 4.78 is 28.4. The van der Waals surface area contributed by atoms with Crippen molar-refractivity contribution in [3.05, 3.63) is 0 Å². The van der Waals surface area contributed by atoms with Crippen LogP contribution >= 0.6 is 0 Å². The van der Waals surface area contributed by atoms with Crippen molar-refractivity contribution in [2.24, 2.45) is 11.1 Å². The second-order valence-electron chi connectivity index (χ2n) is 5.52. The fourth-order valence-corrected chi connectivity index (χ4v) is 4.40. The molecule has 2 fully saturated rings. The number of nitrogens with two attached hydrogens (primary N) is 1. The van der Waals surface area contributed by atoms with Crippen molar-refractivity contribution < 1.29 is 17.9 Å². The molecule has 1 amide bonds. The lowest BCUT2D eigenvalue weighted by atomic mass is 9.79. The summed E-state index contributed by atoms with van der Waals surface area (Å²) in [5.41, 5.74) is 5.18. The quantitative estimate of drug-likeness (QED) is 0.725. The minimum Gasteiger partial charge on any atom is -0.381 e. The Morgan fingerprint density at radius 2 is 2.05 bits per heavy atom. The Morgan fingerprint density at radius 1 is 1.37 bits per heavy atom. The van der Waals surface area contributed by atoms with Crippen LogP contribution in [0, 0.1) is 5.41 Å². The molecule has 2 aliphatic heterocycles. The molecule has 2 heterocycles. The van der Waals surface area contributed by atoms with E-state index in [1.54, 1.807) is 0 Å². The molecule has 3 N–H and O–H groups in total. The first-order valence-electron chi connectivity index (χ1n) is 6.77. The van der Waals surface area contributed by atoms with Crippen molar-refractivity contribution in [1.82, 2.24) is 5.32 Å². The van der Waals surface area contributed by atoms with E-state index in [1.165, 1.54) is 0 Å². The van der Waals surface area contributed by atoms with Gasteiger partial charge in [0.2, 0.25) is 5.91 Å². The number of carbonyl (C=O) groups excluding carboxylic acids is 1. The molecule has 2 saturated heterocycles. The molecule has 0 bridgehead atoms. The number of ether oxygens (including phenoxy) is 1. The van der Waals surface area contributed by atoms with Crippen LogP contribution in [-0.4, -0.2) is 51.6 Å². The van der Waals surface area contributed by atoms with E-state index in [1.807, 2.05) is 0 Å². The SMILES string of the molecule is NCC1(C(=O)NC2CCCS(=O)(=O)C2)CCOCC1. The maximum Gasteiger partial charge on any atom is 0.227 e. The first-order chi connectivity index (χ1) is 8.97. The zero-order valence-corrected chi connectivity index (χ0v) is 11.9. The second kappa shape index (κ2) is 5.76. The van der Waals surface area contributed by atoms with E-state index >= 15 is 0 Å². The van der Waals surface area contributed by atoms with Crippen LogP contribution < -0.4 is 11.1 Å². The monoisotopic (exact) mass is 290 g/mol. The smallest absolute Gasteiger partial charge is 0.227 e. The highest BCUT2D eigenvalue weighted by Gasteiger charge is 2.40. The van der Waals surface area contributed by atoms with Crippen LogP contribution in [-0.2, 0) is 19.4 Å². The third-order valence-corrected chi connectivity index (χ3v) is 5.94. The van der Waals surface area contributed by atoms with Gasteiger partial charge in [-0.15, -0.1) is 0 Å². The maximum absolute atomic E-state index is 12.4. The first-order valence-corrected chi connectivity index (χ1v) is 8.59. The Labute approximate surface area is 114 Å². The molecule has 0 aliphatic carbocycles. The summed E-state index contributed by atoms with van der Waals surface area (Å²) in [6.45, 7) is 1.35. The van der Waals surface area contributed by atoms with E-state index in [2.05, 4.69) is 5.32 Å². The number of rotatable bonds is 3. The third kappa shape index (κ3) is 3.46. The van der Waals surface area contributed by atoms with Crippen molar-refractivity contribution in [3.63, 3.8) is 0 Å². The van der Waals surface area contributed by atoms with Gasteiger partial charge >= 0.3 is 0 Å². The highest BCUT2D eigenvalue weighted by molar-refractivity contribution is 7.91. The molecule has 0 radical (unpaired) electrons. The molecular weight excluding hydrogens is 268 g/mol. The zero-order chi connectivity index (χ0) is 13.9. The Hall–Kier alpha value is -0.660. The number of sulfone groups is 1. The van der Waals surface area contributed by atoms with Crippen molar-refractivity contribution >= 4 is 15.7 Å². The van der Waals surface area contributed by atoms with Gasteiger partial charge in [-0.25, -0.2) is 8.42 Å². The molecule has 6 nitrogen and oxygen atoms in total. The summed E-state index contributed by atoms with van der Waals surface area (Å²) in [5.74, 6) is 0.172. The summed E-state index contributed by atoms with van der Waals surface area (Å²) in [7, 11) is -3.01. The van der Waals surface area contributed by atoms with E-state index < -0.39 is 15.3 Å². The summed E-state index contributed by atoms with van der Waals surface area (Å²) in [6.07, 6.45) is 2.55. The van der Waals surface area contributed by atoms with Crippen LogP contribution in [0.25, 0.3) is 0 Å². The molecule has 1 unspecified atom stereocenters. The molecule has 0 aromatic rings. The molecule has 0 spiro atoms. The average molecular weight is 290 g/mol. The Kier molecular flexibility index (Phi) is 4.47. The zero-order valence-electron chi connectivity index (χ0n) is 11.1. The average Bonchev–Trinajstić information content (AvgIpc) is 2.38. The number of amides is 1. The molecule has 19 heavy (non-hydrogen) atoms. The van der Waals surface area contributed by atoms with Crippen LogP contribution in [0.1, 0.15) is 25.7 Å². The number of carbonyl (C=O) groups is 1. The van der Waals surface area contributed by atoms with Gasteiger partial charge in [-0.3, -0.25) is 4.79 Å². The third-order valence-electron chi connectivity index (χ3n) is 4.12. The lowest BCUT2D eigenvalue weighted by molar-refractivity contribution is -0.136. The van der Waals surface area contributed by atoms with Gasteiger partial charge in [0.25, 0.3) is 0 Å². The fraction of sp³-hybridized carbons (Fsp3) is 0.917. The van der Waals surface area contributed by atoms with E-state index in [-0.39, 0.29) is 30.0 Å². The lowest BCUT2D eigenvalue weighted by Gasteiger charge is -2.36. The lowest BCUT2D eigenvalue weighted by Crippen LogP contribution is -2.53. The number of hydrogen-bond donors (Lipinski definition) is 2. The Morgan fingerprint density at radius 3 is 2.63 bits per heavy atom. The predicted molar refractivity (Wildman–Crippen MR) is 71.4 cm³/mol. The largest absolute Gasteiger partial charge is 0.381 e. The summed E-state index contributed by atoms with van der Waals surface area (Å²) in [6, 6.07) is -0.266. The Bertz CT molecular complexity index is 429. The van der Waals surface area contributed by atoms with Crippen LogP contribution in [0.4, 0.5) is 0 Å². The predicted octanol–water partition coefficient (Wildman–Crippen LogP) is -0.565. The second-order valence-corrected chi connectivity index (χ2v) is 7.75. The minimum absolute atomic E-state index is 0.0515. The molecule has 7 heteroatoms. The van der Waals surface area contributed by atoms with E-state index in [9.17, 15) is 13.2 Å². The van der Waals surface area contributed by atoms with Gasteiger partial charge in [-0.1, -0.05) is 0 Å². The van der Waals surface area contributed by atoms with E-state index in [4.69, 9.17) is 10.5 Å². The van der Waals surface area contributed by atoms with Gasteiger partial charge in [0, 0.05) is 25.8 Å². The van der Waals surface area contributed by atoms with Crippen LogP contribution in [0.3, 0.4) is 0 Å². The fourth-order valence-electron chi connectivity index (χ4n) is 2.76.